The third-order valence-corrected chi connectivity index (χ3v) is 4.57. The number of hydrogen-bond acceptors (Lipinski definition) is 6. The van der Waals surface area contributed by atoms with Gasteiger partial charge in [-0.15, -0.1) is 0 Å². The van der Waals surface area contributed by atoms with Crippen LogP contribution in [0.15, 0.2) is 47.1 Å². The zero-order valence-electron chi connectivity index (χ0n) is 15.0. The lowest BCUT2D eigenvalue weighted by Gasteiger charge is -2.34. The number of nitrogens with zero attached hydrogens (tertiary/aromatic N) is 2. The van der Waals surface area contributed by atoms with E-state index in [1.807, 2.05) is 6.07 Å². The summed E-state index contributed by atoms with van der Waals surface area (Å²) in [5.74, 6) is -1.21. The third-order valence-electron chi connectivity index (χ3n) is 4.57. The lowest BCUT2D eigenvalue weighted by Crippen LogP contribution is -2.48. The summed E-state index contributed by atoms with van der Waals surface area (Å²) in [6.45, 7) is 4.94. The second-order valence-corrected chi connectivity index (χ2v) is 6.47. The fourth-order valence-electron chi connectivity index (χ4n) is 3.59. The molecule has 0 unspecified atom stereocenters. The molecule has 1 spiro atoms. The van der Waals surface area contributed by atoms with Crippen LogP contribution in [0.1, 0.15) is 26.3 Å². The molecule has 2 aliphatic heterocycles. The van der Waals surface area contributed by atoms with Crippen LogP contribution in [-0.4, -0.2) is 25.0 Å². The van der Waals surface area contributed by atoms with E-state index in [-0.39, 0.29) is 22.8 Å². The van der Waals surface area contributed by atoms with Crippen molar-refractivity contribution in [3.63, 3.8) is 0 Å². The average Bonchev–Trinajstić information content (AvgIpc) is 2.78. The summed E-state index contributed by atoms with van der Waals surface area (Å²) in [7, 11) is 1.59. The molecule has 2 heterocycles. The molecule has 0 radical (unpaired) electrons. The second kappa shape index (κ2) is 5.92. The Balaban J connectivity index is 2.39. The number of fused-ring (bicyclic) bond motifs is 2. The molecular formula is C19H19N3O4. The van der Waals surface area contributed by atoms with Crippen LogP contribution >= 0.6 is 0 Å². The van der Waals surface area contributed by atoms with E-state index in [9.17, 15) is 14.9 Å². The van der Waals surface area contributed by atoms with Crippen molar-refractivity contribution >= 4 is 17.6 Å². The molecule has 3 rings (SSSR count). The minimum absolute atomic E-state index is 0.0150. The van der Waals surface area contributed by atoms with Gasteiger partial charge in [-0.25, -0.2) is 4.79 Å². The van der Waals surface area contributed by atoms with Crippen molar-refractivity contribution in [1.82, 2.24) is 0 Å². The van der Waals surface area contributed by atoms with Gasteiger partial charge in [0.15, 0.2) is 5.41 Å². The molecule has 1 aromatic carbocycles. The summed E-state index contributed by atoms with van der Waals surface area (Å²) in [4.78, 5) is 27.7. The zero-order valence-corrected chi connectivity index (χ0v) is 15.0. The number of hydrogen-bond donors (Lipinski definition) is 1. The predicted molar refractivity (Wildman–Crippen MR) is 93.4 cm³/mol. The van der Waals surface area contributed by atoms with Crippen LogP contribution in [0.25, 0.3) is 0 Å². The normalized spacial score (nSPS) is 21.8. The Bertz CT molecular complexity index is 923. The Morgan fingerprint density at radius 2 is 2.04 bits per heavy atom. The number of amides is 1. The number of carbonyl (C=O) groups is 2. The maximum Gasteiger partial charge on any atom is 0.339 e. The standard InChI is InChI=1S/C19H19N3O4/c1-10(2)25-17(23)15-11(3)26-16(21)13(9-20)19(15)12-7-5-6-8-14(12)22(4)18(19)24/h5-8,10H,21H2,1-4H3/t19-/m1/s1. The summed E-state index contributed by atoms with van der Waals surface area (Å²) in [6.07, 6.45) is -0.405. The van der Waals surface area contributed by atoms with Crippen molar-refractivity contribution < 1.29 is 19.1 Å². The van der Waals surface area contributed by atoms with Gasteiger partial charge in [0.1, 0.15) is 23.0 Å². The molecule has 1 amide bonds. The first-order chi connectivity index (χ1) is 12.3. The molecule has 2 aliphatic rings. The van der Waals surface area contributed by atoms with Crippen LogP contribution in [-0.2, 0) is 24.5 Å². The van der Waals surface area contributed by atoms with E-state index >= 15 is 0 Å². The van der Waals surface area contributed by atoms with Gasteiger partial charge in [-0.2, -0.15) is 5.26 Å². The minimum Gasteiger partial charge on any atom is -0.459 e. The topological polar surface area (TPSA) is 106 Å². The number of nitriles is 1. The van der Waals surface area contributed by atoms with E-state index in [1.165, 1.54) is 11.8 Å². The van der Waals surface area contributed by atoms with Crippen LogP contribution < -0.4 is 10.6 Å². The molecule has 134 valence electrons. The molecule has 1 aromatic rings. The van der Waals surface area contributed by atoms with Gasteiger partial charge in [-0.3, -0.25) is 4.79 Å². The van der Waals surface area contributed by atoms with Gasteiger partial charge >= 0.3 is 5.97 Å². The van der Waals surface area contributed by atoms with Gasteiger partial charge in [-0.05, 0) is 26.8 Å². The number of likely N-dealkylation sites (N-methyl/N-ethyl adjacent to an activating group) is 1. The molecule has 0 saturated heterocycles. The maximum absolute atomic E-state index is 13.4. The summed E-state index contributed by atoms with van der Waals surface area (Å²) >= 11 is 0. The van der Waals surface area contributed by atoms with Crippen molar-refractivity contribution in [2.45, 2.75) is 32.3 Å². The van der Waals surface area contributed by atoms with E-state index in [2.05, 4.69) is 0 Å². The number of para-hydroxylation sites is 1. The van der Waals surface area contributed by atoms with Gasteiger partial charge in [0.2, 0.25) is 11.8 Å². The highest BCUT2D eigenvalue weighted by atomic mass is 16.5. The van der Waals surface area contributed by atoms with E-state index in [0.29, 0.717) is 11.3 Å². The molecule has 7 heteroatoms. The molecule has 0 bridgehead atoms. The van der Waals surface area contributed by atoms with Crippen LogP contribution in [0, 0.1) is 11.3 Å². The number of benzene rings is 1. The molecule has 1 atom stereocenters. The Kier molecular flexibility index (Phi) is 3.99. The Hall–Kier alpha value is -3.27. The van der Waals surface area contributed by atoms with E-state index < -0.39 is 23.4 Å². The first kappa shape index (κ1) is 17.5. The van der Waals surface area contributed by atoms with Crippen molar-refractivity contribution in [3.8, 4) is 6.07 Å². The number of ether oxygens (including phenoxy) is 2. The quantitative estimate of drug-likeness (QED) is 0.814. The van der Waals surface area contributed by atoms with Crippen LogP contribution in [0.5, 0.6) is 0 Å². The van der Waals surface area contributed by atoms with Crippen molar-refractivity contribution in [3.05, 3.63) is 52.6 Å². The van der Waals surface area contributed by atoms with Gasteiger partial charge in [0, 0.05) is 18.3 Å². The summed E-state index contributed by atoms with van der Waals surface area (Å²) in [5.41, 5.74) is 5.25. The lowest BCUT2D eigenvalue weighted by molar-refractivity contribution is -0.144. The number of rotatable bonds is 2. The molecule has 26 heavy (non-hydrogen) atoms. The SMILES string of the molecule is CC1=C(C(=O)OC(C)C)[C@]2(C(=O)N(C)c3ccccc32)C(C#N)=C(N)O1. The molecule has 7 nitrogen and oxygen atoms in total. The molecule has 0 aliphatic carbocycles. The molecule has 0 fully saturated rings. The smallest absolute Gasteiger partial charge is 0.339 e. The largest absolute Gasteiger partial charge is 0.459 e. The first-order valence-corrected chi connectivity index (χ1v) is 8.15. The van der Waals surface area contributed by atoms with Gasteiger partial charge in [0.05, 0.1) is 6.10 Å². The number of nitrogens with two attached hydrogens (primary N) is 1. The van der Waals surface area contributed by atoms with Crippen LogP contribution in [0.3, 0.4) is 0 Å². The number of anilines is 1. The number of allylic oxidation sites excluding steroid dienone is 1. The predicted octanol–water partition coefficient (Wildman–Crippen LogP) is 1.85. The fourth-order valence-corrected chi connectivity index (χ4v) is 3.59. The maximum atomic E-state index is 13.4. The van der Waals surface area contributed by atoms with Crippen LogP contribution in [0.2, 0.25) is 0 Å². The van der Waals surface area contributed by atoms with Gasteiger partial charge < -0.3 is 20.1 Å². The molecule has 0 aromatic heterocycles. The highest BCUT2D eigenvalue weighted by Crippen LogP contribution is 2.53. The Labute approximate surface area is 151 Å². The molecule has 2 N–H and O–H groups in total. The minimum atomic E-state index is -1.67. The highest BCUT2D eigenvalue weighted by molar-refractivity contribution is 6.18. The van der Waals surface area contributed by atoms with E-state index in [0.717, 1.165) is 0 Å². The Morgan fingerprint density at radius 3 is 2.65 bits per heavy atom. The van der Waals surface area contributed by atoms with Gasteiger partial charge in [-0.1, -0.05) is 18.2 Å². The van der Waals surface area contributed by atoms with Crippen LogP contribution in [0.4, 0.5) is 5.69 Å². The Morgan fingerprint density at radius 1 is 1.38 bits per heavy atom. The number of esters is 1. The van der Waals surface area contributed by atoms with Gasteiger partial charge in [0.25, 0.3) is 0 Å². The summed E-state index contributed by atoms with van der Waals surface area (Å²) in [5, 5.41) is 9.77. The summed E-state index contributed by atoms with van der Waals surface area (Å²) in [6, 6.07) is 8.97. The fraction of sp³-hybridized carbons (Fsp3) is 0.316. The second-order valence-electron chi connectivity index (χ2n) is 6.47. The lowest BCUT2D eigenvalue weighted by atomic mass is 9.68. The van der Waals surface area contributed by atoms with E-state index in [4.69, 9.17) is 15.2 Å². The monoisotopic (exact) mass is 353 g/mol. The van der Waals surface area contributed by atoms with Crippen molar-refractivity contribution in [1.29, 1.82) is 5.26 Å². The first-order valence-electron chi connectivity index (χ1n) is 8.15. The zero-order chi connectivity index (χ0) is 19.2. The molecule has 0 saturated carbocycles. The van der Waals surface area contributed by atoms with Crippen molar-refractivity contribution in [2.24, 2.45) is 5.73 Å². The average molecular weight is 353 g/mol. The van der Waals surface area contributed by atoms with E-state index in [1.54, 1.807) is 45.2 Å². The summed E-state index contributed by atoms with van der Waals surface area (Å²) < 4.78 is 10.8. The van der Waals surface area contributed by atoms with Crippen molar-refractivity contribution in [2.75, 3.05) is 11.9 Å². The molecular weight excluding hydrogens is 334 g/mol. The third kappa shape index (κ3) is 2.12. The highest BCUT2D eigenvalue weighted by Gasteiger charge is 2.61. The number of carbonyl (C=O) groups excluding carboxylic acids is 2.